The smallest absolute Gasteiger partial charge is 0.265 e. The van der Waals surface area contributed by atoms with Crippen molar-refractivity contribution in [1.29, 1.82) is 0 Å². The maximum atomic E-state index is 12.1. The summed E-state index contributed by atoms with van der Waals surface area (Å²) >= 11 is 1.50. The zero-order chi connectivity index (χ0) is 13.3. The molecule has 0 aliphatic rings. The van der Waals surface area contributed by atoms with Crippen LogP contribution in [-0.4, -0.2) is 5.91 Å². The highest BCUT2D eigenvalue weighted by atomic mass is 32.1. The molecule has 0 aliphatic carbocycles. The maximum absolute atomic E-state index is 12.1. The molecule has 1 amide bonds. The molecule has 0 spiro atoms. The Kier molecular flexibility index (Phi) is 3.39. The van der Waals surface area contributed by atoms with E-state index < -0.39 is 0 Å². The van der Waals surface area contributed by atoms with Crippen molar-refractivity contribution in [2.24, 2.45) is 0 Å². The summed E-state index contributed by atoms with van der Waals surface area (Å²) in [6.45, 7) is 5.98. The number of amides is 1. The van der Waals surface area contributed by atoms with E-state index in [4.69, 9.17) is 5.73 Å². The Hall–Kier alpha value is -1.81. The highest BCUT2D eigenvalue weighted by Crippen LogP contribution is 2.24. The predicted octanol–water partition coefficient (Wildman–Crippen LogP) is 3.51. The maximum Gasteiger partial charge on any atom is 0.265 e. The molecule has 2 aromatic rings. The van der Waals surface area contributed by atoms with E-state index in [2.05, 4.69) is 5.32 Å². The van der Waals surface area contributed by atoms with Gasteiger partial charge in [-0.1, -0.05) is 6.07 Å². The van der Waals surface area contributed by atoms with E-state index in [1.54, 1.807) is 6.07 Å². The van der Waals surface area contributed by atoms with Crippen LogP contribution >= 0.6 is 11.3 Å². The molecule has 1 heterocycles. The fraction of sp³-hybridized carbons (Fsp3) is 0.214. The first-order valence-corrected chi connectivity index (χ1v) is 6.53. The zero-order valence-electron chi connectivity index (χ0n) is 10.7. The van der Waals surface area contributed by atoms with Gasteiger partial charge < -0.3 is 11.1 Å². The van der Waals surface area contributed by atoms with Crippen LogP contribution in [-0.2, 0) is 0 Å². The van der Waals surface area contributed by atoms with Gasteiger partial charge in [0, 0.05) is 4.88 Å². The molecule has 94 valence electrons. The highest BCUT2D eigenvalue weighted by Gasteiger charge is 2.12. The molecular weight excluding hydrogens is 244 g/mol. The third-order valence-corrected chi connectivity index (χ3v) is 4.00. The topological polar surface area (TPSA) is 55.1 Å². The molecule has 0 fully saturated rings. The molecule has 3 N–H and O–H groups in total. The minimum Gasteiger partial charge on any atom is -0.397 e. The normalized spacial score (nSPS) is 10.4. The Labute approximate surface area is 111 Å². The van der Waals surface area contributed by atoms with Gasteiger partial charge in [-0.15, -0.1) is 11.3 Å². The summed E-state index contributed by atoms with van der Waals surface area (Å²) in [6.07, 6.45) is 0. The number of carbonyl (C=O) groups excluding carboxylic acids is 1. The second-order valence-corrected chi connectivity index (χ2v) is 5.65. The van der Waals surface area contributed by atoms with Gasteiger partial charge in [-0.05, 0) is 50.1 Å². The molecule has 0 unspecified atom stereocenters. The van der Waals surface area contributed by atoms with E-state index in [1.165, 1.54) is 11.3 Å². The van der Waals surface area contributed by atoms with Gasteiger partial charge in [-0.2, -0.15) is 0 Å². The largest absolute Gasteiger partial charge is 0.397 e. The number of hydrogen-bond acceptors (Lipinski definition) is 3. The van der Waals surface area contributed by atoms with Crippen LogP contribution in [0.1, 0.15) is 25.7 Å². The number of nitrogen functional groups attached to an aromatic ring is 1. The van der Waals surface area contributed by atoms with Crippen molar-refractivity contribution in [2.75, 3.05) is 11.1 Å². The van der Waals surface area contributed by atoms with Gasteiger partial charge in [0.05, 0.1) is 16.3 Å². The molecule has 3 nitrogen and oxygen atoms in total. The minimum absolute atomic E-state index is 0.103. The van der Waals surface area contributed by atoms with Crippen molar-refractivity contribution >= 4 is 28.6 Å². The van der Waals surface area contributed by atoms with E-state index in [-0.39, 0.29) is 5.91 Å². The number of nitrogens with one attached hydrogen (secondary N) is 1. The minimum atomic E-state index is -0.103. The molecule has 0 atom stereocenters. The van der Waals surface area contributed by atoms with Crippen molar-refractivity contribution < 1.29 is 4.79 Å². The molecule has 18 heavy (non-hydrogen) atoms. The number of anilines is 2. The van der Waals surface area contributed by atoms with Crippen molar-refractivity contribution in [3.8, 4) is 0 Å². The lowest BCUT2D eigenvalue weighted by Crippen LogP contribution is -2.11. The van der Waals surface area contributed by atoms with Crippen LogP contribution in [0.2, 0.25) is 0 Å². The van der Waals surface area contributed by atoms with Gasteiger partial charge >= 0.3 is 0 Å². The van der Waals surface area contributed by atoms with Crippen LogP contribution in [0.25, 0.3) is 0 Å². The van der Waals surface area contributed by atoms with Gasteiger partial charge in [-0.3, -0.25) is 4.79 Å². The quantitative estimate of drug-likeness (QED) is 0.812. The first-order valence-electron chi connectivity index (χ1n) is 5.72. The second-order valence-electron chi connectivity index (χ2n) is 4.39. The van der Waals surface area contributed by atoms with Crippen molar-refractivity contribution in [3.05, 3.63) is 45.1 Å². The molecule has 0 bridgehead atoms. The molecule has 0 aliphatic heterocycles. The Morgan fingerprint density at radius 1 is 1.22 bits per heavy atom. The summed E-state index contributed by atoms with van der Waals surface area (Å²) in [5.41, 5.74) is 9.30. The average molecular weight is 260 g/mol. The molecule has 2 rings (SSSR count). The number of benzene rings is 1. The third kappa shape index (κ3) is 2.54. The van der Waals surface area contributed by atoms with E-state index in [9.17, 15) is 4.79 Å². The molecule has 0 saturated heterocycles. The number of thiophene rings is 1. The number of carbonyl (C=O) groups is 1. The predicted molar refractivity (Wildman–Crippen MR) is 77.3 cm³/mol. The fourth-order valence-corrected chi connectivity index (χ4v) is 2.58. The van der Waals surface area contributed by atoms with E-state index in [0.29, 0.717) is 16.3 Å². The summed E-state index contributed by atoms with van der Waals surface area (Å²) in [5.74, 6) is -0.103. The van der Waals surface area contributed by atoms with Crippen LogP contribution in [0.4, 0.5) is 11.4 Å². The first kappa shape index (κ1) is 12.6. The standard InChI is InChI=1S/C14H16N2OS/c1-8-4-5-11(15)12(6-8)16-14(17)13-7-9(2)10(3)18-13/h4-7H,15H2,1-3H3,(H,16,17). The van der Waals surface area contributed by atoms with Crippen LogP contribution in [0.5, 0.6) is 0 Å². The Morgan fingerprint density at radius 2 is 1.94 bits per heavy atom. The SMILES string of the molecule is Cc1ccc(N)c(NC(=O)c2cc(C)c(C)s2)c1. The fourth-order valence-electron chi connectivity index (χ4n) is 1.65. The lowest BCUT2D eigenvalue weighted by Gasteiger charge is -2.07. The van der Waals surface area contributed by atoms with Crippen LogP contribution in [0, 0.1) is 20.8 Å². The summed E-state index contributed by atoms with van der Waals surface area (Å²) in [6, 6.07) is 7.50. The second kappa shape index (κ2) is 4.82. The first-order chi connectivity index (χ1) is 8.47. The van der Waals surface area contributed by atoms with Crippen LogP contribution < -0.4 is 11.1 Å². The lowest BCUT2D eigenvalue weighted by molar-refractivity contribution is 0.103. The van der Waals surface area contributed by atoms with E-state index >= 15 is 0 Å². The average Bonchev–Trinajstić information content (AvgIpc) is 2.64. The zero-order valence-corrected chi connectivity index (χ0v) is 11.5. The Morgan fingerprint density at radius 3 is 2.56 bits per heavy atom. The lowest BCUT2D eigenvalue weighted by atomic mass is 10.2. The summed E-state index contributed by atoms with van der Waals surface area (Å²) < 4.78 is 0. The van der Waals surface area contributed by atoms with E-state index in [1.807, 2.05) is 39.0 Å². The van der Waals surface area contributed by atoms with Crippen molar-refractivity contribution in [2.45, 2.75) is 20.8 Å². The van der Waals surface area contributed by atoms with Gasteiger partial charge in [0.1, 0.15) is 0 Å². The molecule has 0 saturated carbocycles. The monoisotopic (exact) mass is 260 g/mol. The third-order valence-electron chi connectivity index (χ3n) is 2.85. The van der Waals surface area contributed by atoms with E-state index in [0.717, 1.165) is 16.0 Å². The number of nitrogens with two attached hydrogens (primary N) is 1. The van der Waals surface area contributed by atoms with Gasteiger partial charge in [0.15, 0.2) is 0 Å². The van der Waals surface area contributed by atoms with Crippen molar-refractivity contribution in [1.82, 2.24) is 0 Å². The van der Waals surface area contributed by atoms with Gasteiger partial charge in [0.25, 0.3) is 5.91 Å². The Balaban J connectivity index is 2.23. The molecule has 1 aromatic carbocycles. The van der Waals surface area contributed by atoms with Crippen LogP contribution in [0.15, 0.2) is 24.3 Å². The molecule has 4 heteroatoms. The molecule has 1 aromatic heterocycles. The van der Waals surface area contributed by atoms with Crippen molar-refractivity contribution in [3.63, 3.8) is 0 Å². The summed E-state index contributed by atoms with van der Waals surface area (Å²) in [7, 11) is 0. The summed E-state index contributed by atoms with van der Waals surface area (Å²) in [4.78, 5) is 14.0. The van der Waals surface area contributed by atoms with Gasteiger partial charge in [-0.25, -0.2) is 0 Å². The number of rotatable bonds is 2. The highest BCUT2D eigenvalue weighted by molar-refractivity contribution is 7.14. The number of aryl methyl sites for hydroxylation is 3. The van der Waals surface area contributed by atoms with Crippen LogP contribution in [0.3, 0.4) is 0 Å². The number of hydrogen-bond donors (Lipinski definition) is 2. The Bertz CT molecular complexity index is 582. The van der Waals surface area contributed by atoms with Gasteiger partial charge in [0.2, 0.25) is 0 Å². The molecular formula is C14H16N2OS. The summed E-state index contributed by atoms with van der Waals surface area (Å²) in [5, 5.41) is 2.85. The molecule has 0 radical (unpaired) electrons.